The molecule has 0 atom stereocenters. The Kier molecular flexibility index (Phi) is 3.99. The lowest BCUT2D eigenvalue weighted by atomic mass is 10.4. The van der Waals surface area contributed by atoms with Crippen molar-refractivity contribution < 1.29 is 8.42 Å². The molecule has 0 bridgehead atoms. The zero-order valence-corrected chi connectivity index (χ0v) is 12.3. The highest BCUT2D eigenvalue weighted by Crippen LogP contribution is 2.25. The Morgan fingerprint density at radius 2 is 2.26 bits per heavy atom. The summed E-state index contributed by atoms with van der Waals surface area (Å²) in [4.78, 5) is 5.80. The van der Waals surface area contributed by atoms with E-state index in [4.69, 9.17) is 5.73 Å². The molecule has 2 aromatic heterocycles. The van der Waals surface area contributed by atoms with Crippen LogP contribution < -0.4 is 10.5 Å². The molecule has 0 amide bonds. The molecule has 2 heterocycles. The number of aryl methyl sites for hydroxylation is 2. The molecule has 19 heavy (non-hydrogen) atoms. The monoisotopic (exact) mass is 301 g/mol. The van der Waals surface area contributed by atoms with Crippen LogP contribution in [0.4, 0.5) is 0 Å². The third kappa shape index (κ3) is 3.18. The van der Waals surface area contributed by atoms with Gasteiger partial charge in [-0.25, -0.2) is 18.1 Å². The van der Waals surface area contributed by atoms with Crippen molar-refractivity contribution in [3.63, 3.8) is 0 Å². The Morgan fingerprint density at radius 3 is 2.79 bits per heavy atom. The first-order valence-electron chi connectivity index (χ1n) is 5.56. The Bertz CT molecular complexity index is 674. The minimum Gasteiger partial charge on any atom is -0.326 e. The van der Waals surface area contributed by atoms with Gasteiger partial charge in [0, 0.05) is 23.3 Å². The van der Waals surface area contributed by atoms with Crippen molar-refractivity contribution in [1.29, 1.82) is 0 Å². The largest absolute Gasteiger partial charge is 0.326 e. The van der Waals surface area contributed by atoms with Crippen molar-refractivity contribution in [3.8, 4) is 0 Å². The predicted octanol–water partition coefficient (Wildman–Crippen LogP) is 0.122. The first-order chi connectivity index (χ1) is 8.92. The highest BCUT2D eigenvalue weighted by Gasteiger charge is 2.19. The van der Waals surface area contributed by atoms with Crippen molar-refractivity contribution in [1.82, 2.24) is 19.5 Å². The summed E-state index contributed by atoms with van der Waals surface area (Å²) in [7, 11) is -1.83. The second-order valence-electron chi connectivity index (χ2n) is 4.00. The van der Waals surface area contributed by atoms with Gasteiger partial charge < -0.3 is 5.73 Å². The Labute approximate surface area is 115 Å². The van der Waals surface area contributed by atoms with E-state index in [1.807, 2.05) is 0 Å². The van der Waals surface area contributed by atoms with Gasteiger partial charge in [0.15, 0.2) is 5.82 Å². The molecule has 0 aliphatic rings. The highest BCUT2D eigenvalue weighted by molar-refractivity contribution is 7.89. The summed E-state index contributed by atoms with van der Waals surface area (Å²) < 4.78 is 28.3. The van der Waals surface area contributed by atoms with Gasteiger partial charge in [0.1, 0.15) is 6.33 Å². The van der Waals surface area contributed by atoms with E-state index in [0.717, 1.165) is 9.75 Å². The zero-order valence-electron chi connectivity index (χ0n) is 10.6. The topological polar surface area (TPSA) is 103 Å². The van der Waals surface area contributed by atoms with Crippen LogP contribution in [-0.2, 0) is 30.2 Å². The molecule has 9 heteroatoms. The normalized spacial score (nSPS) is 11.9. The lowest BCUT2D eigenvalue weighted by Crippen LogP contribution is -2.24. The number of hydrogen-bond donors (Lipinski definition) is 2. The molecule has 0 aliphatic heterocycles. The predicted molar refractivity (Wildman–Crippen MR) is 72.0 cm³/mol. The minimum atomic E-state index is -3.55. The molecule has 0 saturated heterocycles. The molecule has 2 rings (SSSR count). The van der Waals surface area contributed by atoms with E-state index in [1.165, 1.54) is 22.3 Å². The van der Waals surface area contributed by atoms with E-state index in [0.29, 0.717) is 12.4 Å². The molecule has 104 valence electrons. The third-order valence-corrected chi connectivity index (χ3v) is 5.21. The molecular formula is C10H15N5O2S2. The first-order valence-corrected chi connectivity index (χ1v) is 7.86. The lowest BCUT2D eigenvalue weighted by molar-refractivity contribution is 0.578. The van der Waals surface area contributed by atoms with E-state index >= 15 is 0 Å². The highest BCUT2D eigenvalue weighted by atomic mass is 32.2. The van der Waals surface area contributed by atoms with Gasteiger partial charge in [0.2, 0.25) is 10.0 Å². The van der Waals surface area contributed by atoms with Crippen LogP contribution in [0.15, 0.2) is 17.3 Å². The molecule has 0 saturated carbocycles. The maximum atomic E-state index is 12.2. The van der Waals surface area contributed by atoms with Crippen molar-refractivity contribution in [2.24, 2.45) is 12.8 Å². The second-order valence-corrected chi connectivity index (χ2v) is 7.07. The van der Waals surface area contributed by atoms with Crippen molar-refractivity contribution in [2.75, 3.05) is 0 Å². The summed E-state index contributed by atoms with van der Waals surface area (Å²) in [5.74, 6) is 0.429. The van der Waals surface area contributed by atoms with E-state index in [2.05, 4.69) is 14.8 Å². The number of aromatic nitrogens is 3. The van der Waals surface area contributed by atoms with Crippen LogP contribution in [0.2, 0.25) is 0 Å². The molecule has 2 aromatic rings. The van der Waals surface area contributed by atoms with E-state index in [1.54, 1.807) is 20.0 Å². The van der Waals surface area contributed by atoms with Crippen LogP contribution in [-0.4, -0.2) is 23.2 Å². The third-order valence-electron chi connectivity index (χ3n) is 2.48. The number of thiophene rings is 1. The average Bonchev–Trinajstić information content (AvgIpc) is 2.93. The summed E-state index contributed by atoms with van der Waals surface area (Å²) >= 11 is 1.39. The number of nitrogens with one attached hydrogen (secondary N) is 1. The standard InChI is InChI=1S/C10H15N5O2S2/c1-7-9(3-8(4-11)18-7)19(16,17)13-5-10-12-6-15(2)14-10/h3,6,13H,4-5,11H2,1-2H3. The van der Waals surface area contributed by atoms with Crippen molar-refractivity contribution in [2.45, 2.75) is 24.9 Å². The van der Waals surface area contributed by atoms with Gasteiger partial charge in [-0.05, 0) is 13.0 Å². The molecule has 0 aromatic carbocycles. The fourth-order valence-electron chi connectivity index (χ4n) is 1.59. The van der Waals surface area contributed by atoms with Crippen LogP contribution >= 0.6 is 11.3 Å². The average molecular weight is 301 g/mol. The number of nitrogens with zero attached hydrogens (tertiary/aromatic N) is 3. The second kappa shape index (κ2) is 5.37. The van der Waals surface area contributed by atoms with Crippen molar-refractivity contribution in [3.05, 3.63) is 28.0 Å². The SMILES string of the molecule is Cc1sc(CN)cc1S(=O)(=O)NCc1ncn(C)n1. The number of hydrogen-bond acceptors (Lipinski definition) is 6. The molecule has 7 nitrogen and oxygen atoms in total. The first kappa shape index (κ1) is 14.1. The van der Waals surface area contributed by atoms with Gasteiger partial charge in [-0.2, -0.15) is 5.10 Å². The molecular weight excluding hydrogens is 286 g/mol. The van der Waals surface area contributed by atoms with Crippen LogP contribution in [0.1, 0.15) is 15.6 Å². The zero-order chi connectivity index (χ0) is 14.0. The number of rotatable bonds is 5. The lowest BCUT2D eigenvalue weighted by Gasteiger charge is -2.03. The Morgan fingerprint density at radius 1 is 1.53 bits per heavy atom. The summed E-state index contributed by atoms with van der Waals surface area (Å²) in [6.07, 6.45) is 1.52. The number of sulfonamides is 1. The van der Waals surface area contributed by atoms with Gasteiger partial charge in [-0.15, -0.1) is 11.3 Å². The van der Waals surface area contributed by atoms with Gasteiger partial charge in [-0.3, -0.25) is 4.68 Å². The summed E-state index contributed by atoms with van der Waals surface area (Å²) in [5.41, 5.74) is 5.52. The quantitative estimate of drug-likeness (QED) is 0.816. The smallest absolute Gasteiger partial charge is 0.242 e. The maximum Gasteiger partial charge on any atom is 0.242 e. The van der Waals surface area contributed by atoms with Crippen LogP contribution in [0, 0.1) is 6.92 Å². The van der Waals surface area contributed by atoms with Gasteiger partial charge >= 0.3 is 0 Å². The Hall–Kier alpha value is -1.29. The van der Waals surface area contributed by atoms with Crippen LogP contribution in [0.25, 0.3) is 0 Å². The van der Waals surface area contributed by atoms with E-state index in [9.17, 15) is 8.42 Å². The van der Waals surface area contributed by atoms with E-state index in [-0.39, 0.29) is 11.4 Å². The fraction of sp³-hybridized carbons (Fsp3) is 0.400. The maximum absolute atomic E-state index is 12.2. The molecule has 0 aliphatic carbocycles. The number of nitrogens with two attached hydrogens (primary N) is 1. The Balaban J connectivity index is 2.15. The minimum absolute atomic E-state index is 0.0659. The molecule has 0 fully saturated rings. The van der Waals surface area contributed by atoms with Gasteiger partial charge in [0.05, 0.1) is 11.4 Å². The van der Waals surface area contributed by atoms with E-state index < -0.39 is 10.0 Å². The van der Waals surface area contributed by atoms with Gasteiger partial charge in [-0.1, -0.05) is 0 Å². The summed E-state index contributed by atoms with van der Waals surface area (Å²) in [6, 6.07) is 1.61. The van der Waals surface area contributed by atoms with Crippen LogP contribution in [0.3, 0.4) is 0 Å². The van der Waals surface area contributed by atoms with Gasteiger partial charge in [0.25, 0.3) is 0 Å². The molecule has 3 N–H and O–H groups in total. The molecule has 0 spiro atoms. The van der Waals surface area contributed by atoms with Crippen molar-refractivity contribution >= 4 is 21.4 Å². The molecule has 0 unspecified atom stereocenters. The molecule has 0 radical (unpaired) electrons. The summed E-state index contributed by atoms with van der Waals surface area (Å²) in [6.45, 7) is 2.16. The van der Waals surface area contributed by atoms with Crippen LogP contribution in [0.5, 0.6) is 0 Å². The fourth-order valence-corrected chi connectivity index (χ4v) is 4.09. The summed E-state index contributed by atoms with van der Waals surface area (Å²) in [5, 5.41) is 4.01.